The molecule has 0 spiro atoms. The highest BCUT2D eigenvalue weighted by Gasteiger charge is 2.27. The lowest BCUT2D eigenvalue weighted by atomic mass is 10.3. The second kappa shape index (κ2) is 10.3. The lowest BCUT2D eigenvalue weighted by molar-refractivity contribution is -0.114. The topological polar surface area (TPSA) is 75.7 Å². The van der Waals surface area contributed by atoms with Crippen molar-refractivity contribution in [2.45, 2.75) is 11.8 Å². The SMILES string of the molecule is CCOc1ccc(N(CC(=O)Nc2ccc(Br)cc2F)S(=O)(=O)c2ccc(Cl)cc2)cc1. The van der Waals surface area contributed by atoms with Crippen LogP contribution in [-0.4, -0.2) is 27.5 Å². The summed E-state index contributed by atoms with van der Waals surface area (Å²) in [4.78, 5) is 12.7. The molecule has 0 bridgehead atoms. The first-order valence-electron chi connectivity index (χ1n) is 9.47. The third kappa shape index (κ3) is 5.79. The summed E-state index contributed by atoms with van der Waals surface area (Å²) in [6, 6.07) is 16.0. The minimum atomic E-state index is -4.13. The Bertz CT molecular complexity index is 1210. The normalized spacial score (nSPS) is 11.1. The van der Waals surface area contributed by atoms with Crippen LogP contribution in [0.2, 0.25) is 5.02 Å². The zero-order valence-electron chi connectivity index (χ0n) is 16.9. The molecule has 1 N–H and O–H groups in total. The highest BCUT2D eigenvalue weighted by molar-refractivity contribution is 9.10. The van der Waals surface area contributed by atoms with Crippen molar-refractivity contribution in [3.63, 3.8) is 0 Å². The maximum absolute atomic E-state index is 14.1. The molecule has 32 heavy (non-hydrogen) atoms. The molecule has 0 saturated heterocycles. The van der Waals surface area contributed by atoms with E-state index in [1.807, 2.05) is 6.92 Å². The minimum Gasteiger partial charge on any atom is -0.494 e. The molecule has 0 saturated carbocycles. The Morgan fingerprint density at radius 3 is 2.34 bits per heavy atom. The van der Waals surface area contributed by atoms with E-state index in [-0.39, 0.29) is 16.3 Å². The van der Waals surface area contributed by atoms with Crippen LogP contribution in [0.5, 0.6) is 5.75 Å². The van der Waals surface area contributed by atoms with Crippen LogP contribution in [0.3, 0.4) is 0 Å². The number of amides is 1. The molecule has 0 fully saturated rings. The first-order chi connectivity index (χ1) is 15.2. The van der Waals surface area contributed by atoms with Crippen molar-refractivity contribution in [3.05, 3.63) is 82.0 Å². The van der Waals surface area contributed by atoms with Crippen molar-refractivity contribution in [1.82, 2.24) is 0 Å². The second-order valence-electron chi connectivity index (χ2n) is 6.56. The molecule has 0 aliphatic carbocycles. The Balaban J connectivity index is 1.94. The van der Waals surface area contributed by atoms with Gasteiger partial charge >= 0.3 is 0 Å². The summed E-state index contributed by atoms with van der Waals surface area (Å²) in [5.74, 6) is -0.806. The third-order valence-corrected chi connectivity index (χ3v) is 6.86. The molecule has 0 aromatic heterocycles. The van der Waals surface area contributed by atoms with Gasteiger partial charge < -0.3 is 10.1 Å². The van der Waals surface area contributed by atoms with Gasteiger partial charge in [-0.2, -0.15) is 0 Å². The van der Waals surface area contributed by atoms with Crippen molar-refractivity contribution in [2.24, 2.45) is 0 Å². The molecule has 168 valence electrons. The molecule has 1 amide bonds. The number of hydrogen-bond acceptors (Lipinski definition) is 4. The highest BCUT2D eigenvalue weighted by Crippen LogP contribution is 2.27. The number of carbonyl (C=O) groups is 1. The second-order valence-corrected chi connectivity index (χ2v) is 9.78. The first kappa shape index (κ1) is 24.0. The van der Waals surface area contributed by atoms with Gasteiger partial charge in [0.1, 0.15) is 18.1 Å². The number of hydrogen-bond donors (Lipinski definition) is 1. The Morgan fingerprint density at radius 1 is 1.09 bits per heavy atom. The summed E-state index contributed by atoms with van der Waals surface area (Å²) >= 11 is 9.03. The molecule has 10 heteroatoms. The summed E-state index contributed by atoms with van der Waals surface area (Å²) in [5, 5.41) is 2.79. The molecule has 0 atom stereocenters. The van der Waals surface area contributed by atoms with E-state index in [0.717, 1.165) is 4.31 Å². The number of carbonyl (C=O) groups excluding carboxylic acids is 1. The average molecular weight is 542 g/mol. The number of nitrogens with zero attached hydrogens (tertiary/aromatic N) is 1. The first-order valence-corrected chi connectivity index (χ1v) is 12.1. The predicted molar refractivity (Wildman–Crippen MR) is 126 cm³/mol. The number of sulfonamides is 1. The highest BCUT2D eigenvalue weighted by atomic mass is 79.9. The van der Waals surface area contributed by atoms with Gasteiger partial charge in [0.05, 0.1) is 22.9 Å². The summed E-state index contributed by atoms with van der Waals surface area (Å²) in [6.45, 7) is 1.71. The van der Waals surface area contributed by atoms with Gasteiger partial charge in [-0.15, -0.1) is 0 Å². The van der Waals surface area contributed by atoms with E-state index in [1.54, 1.807) is 18.2 Å². The van der Waals surface area contributed by atoms with Gasteiger partial charge in [0, 0.05) is 9.50 Å². The van der Waals surface area contributed by atoms with Gasteiger partial charge in [0.25, 0.3) is 10.0 Å². The van der Waals surface area contributed by atoms with Gasteiger partial charge in [-0.1, -0.05) is 27.5 Å². The number of anilines is 2. The number of rotatable bonds is 8. The van der Waals surface area contributed by atoms with Gasteiger partial charge in [0.2, 0.25) is 5.91 Å². The molecule has 0 unspecified atom stereocenters. The number of halogens is 3. The molecule has 6 nitrogen and oxygen atoms in total. The lowest BCUT2D eigenvalue weighted by Gasteiger charge is -2.24. The van der Waals surface area contributed by atoms with Crippen molar-refractivity contribution >= 4 is 54.8 Å². The quantitative estimate of drug-likeness (QED) is 0.410. The maximum atomic E-state index is 14.1. The van der Waals surface area contributed by atoms with Crippen LogP contribution < -0.4 is 14.4 Å². The van der Waals surface area contributed by atoms with E-state index in [0.29, 0.717) is 21.9 Å². The predicted octanol–water partition coefficient (Wildman–Crippen LogP) is 5.47. The summed E-state index contributed by atoms with van der Waals surface area (Å²) in [5.41, 5.74) is 0.184. The van der Waals surface area contributed by atoms with Gasteiger partial charge in [-0.05, 0) is 73.7 Å². The van der Waals surface area contributed by atoms with Crippen LogP contribution >= 0.6 is 27.5 Å². The van der Waals surface area contributed by atoms with Crippen LogP contribution in [0, 0.1) is 5.82 Å². The molecule has 3 aromatic carbocycles. The van der Waals surface area contributed by atoms with Crippen LogP contribution in [-0.2, 0) is 14.8 Å². The standard InChI is InChI=1S/C22H19BrClFN2O4S/c1-2-31-18-8-6-17(7-9-18)27(32(29,30)19-10-4-16(24)5-11-19)14-22(28)26-21-12-3-15(23)13-20(21)25/h3-13H,2,14H2,1H3,(H,26,28). The Labute approximate surface area is 199 Å². The Hall–Kier alpha value is -2.62. The molecule has 0 radical (unpaired) electrons. The fourth-order valence-electron chi connectivity index (χ4n) is 2.84. The molecule has 3 rings (SSSR count). The zero-order valence-corrected chi connectivity index (χ0v) is 20.0. The number of nitrogens with one attached hydrogen (secondary N) is 1. The van der Waals surface area contributed by atoms with Crippen LogP contribution in [0.4, 0.5) is 15.8 Å². The van der Waals surface area contributed by atoms with Crippen LogP contribution in [0.15, 0.2) is 76.1 Å². The van der Waals surface area contributed by atoms with E-state index < -0.39 is 28.3 Å². The monoisotopic (exact) mass is 540 g/mol. The van der Waals surface area contributed by atoms with E-state index in [4.69, 9.17) is 16.3 Å². The van der Waals surface area contributed by atoms with E-state index in [9.17, 15) is 17.6 Å². The molecular formula is C22H19BrClFN2O4S. The van der Waals surface area contributed by atoms with E-state index in [2.05, 4.69) is 21.2 Å². The molecule has 3 aromatic rings. The van der Waals surface area contributed by atoms with Gasteiger partial charge in [0.15, 0.2) is 0 Å². The number of benzene rings is 3. The molecule has 0 heterocycles. The average Bonchev–Trinajstić information content (AvgIpc) is 2.75. The minimum absolute atomic E-state index is 0.0431. The van der Waals surface area contributed by atoms with Crippen LogP contribution in [0.25, 0.3) is 0 Å². The van der Waals surface area contributed by atoms with Gasteiger partial charge in [-0.25, -0.2) is 12.8 Å². The number of ether oxygens (including phenoxy) is 1. The molecule has 0 aliphatic heterocycles. The summed E-state index contributed by atoms with van der Waals surface area (Å²) < 4.78 is 47.7. The summed E-state index contributed by atoms with van der Waals surface area (Å²) in [6.07, 6.45) is 0. The molecule has 0 aliphatic rings. The van der Waals surface area contributed by atoms with Gasteiger partial charge in [-0.3, -0.25) is 9.10 Å². The van der Waals surface area contributed by atoms with E-state index in [1.165, 1.54) is 48.5 Å². The lowest BCUT2D eigenvalue weighted by Crippen LogP contribution is -2.38. The molecular weight excluding hydrogens is 523 g/mol. The fourth-order valence-corrected chi connectivity index (χ4v) is 4.72. The van der Waals surface area contributed by atoms with Crippen molar-refractivity contribution in [1.29, 1.82) is 0 Å². The van der Waals surface area contributed by atoms with Crippen molar-refractivity contribution < 1.29 is 22.3 Å². The smallest absolute Gasteiger partial charge is 0.264 e. The van der Waals surface area contributed by atoms with E-state index >= 15 is 0 Å². The fraction of sp³-hybridized carbons (Fsp3) is 0.136. The summed E-state index contributed by atoms with van der Waals surface area (Å²) in [7, 11) is -4.13. The van der Waals surface area contributed by atoms with Crippen LogP contribution in [0.1, 0.15) is 6.92 Å². The maximum Gasteiger partial charge on any atom is 0.264 e. The van der Waals surface area contributed by atoms with Crippen molar-refractivity contribution in [2.75, 3.05) is 22.8 Å². The van der Waals surface area contributed by atoms with Crippen molar-refractivity contribution in [3.8, 4) is 5.75 Å². The Kier molecular flexibility index (Phi) is 7.76. The Morgan fingerprint density at radius 2 is 1.75 bits per heavy atom. The third-order valence-electron chi connectivity index (χ3n) is 4.33. The zero-order chi connectivity index (χ0) is 23.3. The largest absolute Gasteiger partial charge is 0.494 e.